The summed E-state index contributed by atoms with van der Waals surface area (Å²) in [7, 11) is 0. The normalized spacial score (nSPS) is 21.2. The Morgan fingerprint density at radius 1 is 1.37 bits per heavy atom. The molecular weight excluding hydrogens is 242 g/mol. The lowest BCUT2D eigenvalue weighted by atomic mass is 10.0. The van der Waals surface area contributed by atoms with Crippen LogP contribution in [-0.4, -0.2) is 40.4 Å². The van der Waals surface area contributed by atoms with E-state index in [0.717, 1.165) is 18.4 Å². The third-order valence-electron chi connectivity index (χ3n) is 3.72. The first-order chi connectivity index (χ1) is 9.09. The van der Waals surface area contributed by atoms with Crippen molar-refractivity contribution in [3.05, 3.63) is 35.9 Å². The Morgan fingerprint density at radius 3 is 2.63 bits per heavy atom. The van der Waals surface area contributed by atoms with Gasteiger partial charge in [-0.2, -0.15) is 0 Å². The molecule has 1 N–H and O–H groups in total. The number of carboxylic acid groups (broad SMARTS) is 1. The monoisotopic (exact) mass is 261 g/mol. The van der Waals surface area contributed by atoms with E-state index in [2.05, 4.69) is 0 Å². The standard InChI is InChI=1S/C15H19NO3/c1-11(17)13-8-5-9-16(13)14(15(18)19)10-12-6-3-2-4-7-12/h2-4,6-7,13-14H,5,8-10H2,1H3,(H,18,19). The van der Waals surface area contributed by atoms with Gasteiger partial charge in [0.15, 0.2) is 0 Å². The van der Waals surface area contributed by atoms with Crippen molar-refractivity contribution in [2.75, 3.05) is 6.54 Å². The number of carbonyl (C=O) groups is 2. The maximum atomic E-state index is 11.6. The van der Waals surface area contributed by atoms with Crippen molar-refractivity contribution in [2.45, 2.75) is 38.3 Å². The highest BCUT2D eigenvalue weighted by molar-refractivity contribution is 5.83. The maximum Gasteiger partial charge on any atom is 0.321 e. The van der Waals surface area contributed by atoms with Crippen LogP contribution in [0.1, 0.15) is 25.3 Å². The third-order valence-corrected chi connectivity index (χ3v) is 3.72. The summed E-state index contributed by atoms with van der Waals surface area (Å²) in [5, 5.41) is 9.44. The second-order valence-electron chi connectivity index (χ2n) is 5.05. The van der Waals surface area contributed by atoms with Crippen LogP contribution in [0.5, 0.6) is 0 Å². The number of rotatable bonds is 5. The van der Waals surface area contributed by atoms with Gasteiger partial charge in [0.2, 0.25) is 0 Å². The van der Waals surface area contributed by atoms with Gasteiger partial charge in [0.1, 0.15) is 11.8 Å². The number of hydrogen-bond acceptors (Lipinski definition) is 3. The number of ketones is 1. The van der Waals surface area contributed by atoms with Crippen molar-refractivity contribution in [3.8, 4) is 0 Å². The highest BCUT2D eigenvalue weighted by Crippen LogP contribution is 2.23. The number of benzene rings is 1. The molecule has 0 aliphatic carbocycles. The minimum Gasteiger partial charge on any atom is -0.480 e. The molecule has 0 aromatic heterocycles. The SMILES string of the molecule is CC(=O)C1CCCN1C(Cc1ccccc1)C(=O)O. The lowest BCUT2D eigenvalue weighted by Crippen LogP contribution is -2.47. The van der Waals surface area contributed by atoms with Crippen LogP contribution in [0.25, 0.3) is 0 Å². The molecule has 1 saturated heterocycles. The van der Waals surface area contributed by atoms with Gasteiger partial charge < -0.3 is 5.11 Å². The largest absolute Gasteiger partial charge is 0.480 e. The second kappa shape index (κ2) is 5.97. The van der Waals surface area contributed by atoms with Crippen molar-refractivity contribution in [1.82, 2.24) is 4.90 Å². The zero-order valence-electron chi connectivity index (χ0n) is 11.1. The maximum absolute atomic E-state index is 11.6. The van der Waals surface area contributed by atoms with Gasteiger partial charge in [-0.1, -0.05) is 30.3 Å². The second-order valence-corrected chi connectivity index (χ2v) is 5.05. The molecule has 1 fully saturated rings. The van der Waals surface area contributed by atoms with Crippen molar-refractivity contribution in [1.29, 1.82) is 0 Å². The molecule has 4 heteroatoms. The Morgan fingerprint density at radius 2 is 2.05 bits per heavy atom. The molecule has 102 valence electrons. The molecule has 1 aromatic carbocycles. The number of aliphatic carboxylic acids is 1. The quantitative estimate of drug-likeness (QED) is 0.877. The Hall–Kier alpha value is -1.68. The first-order valence-electron chi connectivity index (χ1n) is 6.62. The summed E-state index contributed by atoms with van der Waals surface area (Å²) in [6.45, 7) is 2.23. The van der Waals surface area contributed by atoms with Crippen molar-refractivity contribution in [3.63, 3.8) is 0 Å². The van der Waals surface area contributed by atoms with Crippen LogP contribution >= 0.6 is 0 Å². The fraction of sp³-hybridized carbons (Fsp3) is 0.467. The van der Waals surface area contributed by atoms with Gasteiger partial charge in [0.25, 0.3) is 0 Å². The number of nitrogens with zero attached hydrogens (tertiary/aromatic N) is 1. The molecule has 4 nitrogen and oxygen atoms in total. The lowest BCUT2D eigenvalue weighted by molar-refractivity contribution is -0.144. The molecule has 2 atom stereocenters. The van der Waals surface area contributed by atoms with E-state index in [9.17, 15) is 14.7 Å². The van der Waals surface area contributed by atoms with Gasteiger partial charge in [-0.05, 0) is 38.3 Å². The summed E-state index contributed by atoms with van der Waals surface area (Å²) >= 11 is 0. The summed E-state index contributed by atoms with van der Waals surface area (Å²) in [5.41, 5.74) is 0.990. The zero-order valence-corrected chi connectivity index (χ0v) is 11.1. The summed E-state index contributed by atoms with van der Waals surface area (Å²) in [6.07, 6.45) is 2.11. The molecule has 2 unspecified atom stereocenters. The molecule has 2 rings (SSSR count). The third kappa shape index (κ3) is 3.20. The number of carboxylic acids is 1. The van der Waals surface area contributed by atoms with E-state index in [1.54, 1.807) is 6.92 Å². The van der Waals surface area contributed by atoms with E-state index < -0.39 is 12.0 Å². The van der Waals surface area contributed by atoms with Gasteiger partial charge in [-0.15, -0.1) is 0 Å². The molecule has 0 saturated carbocycles. The average Bonchev–Trinajstić information content (AvgIpc) is 2.86. The van der Waals surface area contributed by atoms with Crippen molar-refractivity contribution < 1.29 is 14.7 Å². The van der Waals surface area contributed by atoms with E-state index in [0.29, 0.717) is 13.0 Å². The van der Waals surface area contributed by atoms with Crippen LogP contribution in [0.3, 0.4) is 0 Å². The van der Waals surface area contributed by atoms with Gasteiger partial charge >= 0.3 is 5.97 Å². The van der Waals surface area contributed by atoms with Gasteiger partial charge in [0.05, 0.1) is 6.04 Å². The summed E-state index contributed by atoms with van der Waals surface area (Å²) in [4.78, 5) is 25.0. The molecule has 1 aliphatic heterocycles. The fourth-order valence-corrected chi connectivity index (χ4v) is 2.78. The molecule has 1 aliphatic rings. The first-order valence-corrected chi connectivity index (χ1v) is 6.62. The van der Waals surface area contributed by atoms with E-state index >= 15 is 0 Å². The molecular formula is C15H19NO3. The fourth-order valence-electron chi connectivity index (χ4n) is 2.78. The predicted octanol–water partition coefficient (Wildman–Crippen LogP) is 1.74. The molecule has 1 heterocycles. The Bertz CT molecular complexity index is 458. The first kappa shape index (κ1) is 13.7. The van der Waals surface area contributed by atoms with E-state index in [-0.39, 0.29) is 11.8 Å². The molecule has 19 heavy (non-hydrogen) atoms. The van der Waals surface area contributed by atoms with Crippen LogP contribution in [0, 0.1) is 0 Å². The highest BCUT2D eigenvalue weighted by Gasteiger charge is 2.36. The van der Waals surface area contributed by atoms with Gasteiger partial charge in [-0.3, -0.25) is 14.5 Å². The Balaban J connectivity index is 2.16. The van der Waals surface area contributed by atoms with Gasteiger partial charge in [0, 0.05) is 0 Å². The molecule has 0 spiro atoms. The Kier molecular flexibility index (Phi) is 4.32. The summed E-state index contributed by atoms with van der Waals surface area (Å²) in [6, 6.07) is 8.72. The Labute approximate surface area is 113 Å². The number of likely N-dealkylation sites (tertiary alicyclic amines) is 1. The van der Waals surface area contributed by atoms with Crippen LogP contribution in [0.15, 0.2) is 30.3 Å². The van der Waals surface area contributed by atoms with Crippen molar-refractivity contribution in [2.24, 2.45) is 0 Å². The van der Waals surface area contributed by atoms with E-state index in [4.69, 9.17) is 0 Å². The number of hydrogen-bond donors (Lipinski definition) is 1. The van der Waals surface area contributed by atoms with E-state index in [1.807, 2.05) is 35.2 Å². The molecule has 0 radical (unpaired) electrons. The molecule has 0 amide bonds. The summed E-state index contributed by atoms with van der Waals surface area (Å²) in [5.74, 6) is -0.784. The summed E-state index contributed by atoms with van der Waals surface area (Å²) < 4.78 is 0. The number of carbonyl (C=O) groups excluding carboxylic acids is 1. The number of Topliss-reactive ketones (excluding diaryl/α,β-unsaturated/α-hetero) is 1. The highest BCUT2D eigenvalue weighted by atomic mass is 16.4. The van der Waals surface area contributed by atoms with Crippen LogP contribution < -0.4 is 0 Å². The van der Waals surface area contributed by atoms with Crippen LogP contribution in [0.4, 0.5) is 0 Å². The van der Waals surface area contributed by atoms with Crippen molar-refractivity contribution >= 4 is 11.8 Å². The smallest absolute Gasteiger partial charge is 0.321 e. The van der Waals surface area contributed by atoms with E-state index in [1.165, 1.54) is 0 Å². The topological polar surface area (TPSA) is 57.6 Å². The van der Waals surface area contributed by atoms with Crippen LogP contribution in [0.2, 0.25) is 0 Å². The minimum absolute atomic E-state index is 0.0665. The van der Waals surface area contributed by atoms with Crippen LogP contribution in [-0.2, 0) is 16.0 Å². The molecule has 0 bridgehead atoms. The zero-order chi connectivity index (χ0) is 13.8. The lowest BCUT2D eigenvalue weighted by Gasteiger charge is -2.29. The minimum atomic E-state index is -0.850. The molecule has 1 aromatic rings. The average molecular weight is 261 g/mol. The predicted molar refractivity (Wildman–Crippen MR) is 72.0 cm³/mol. The van der Waals surface area contributed by atoms with Gasteiger partial charge in [-0.25, -0.2) is 0 Å².